The second-order valence-electron chi connectivity index (χ2n) is 3.73. The summed E-state index contributed by atoms with van der Waals surface area (Å²) in [5, 5.41) is 3.13. The zero-order valence-electron chi connectivity index (χ0n) is 9.58. The van der Waals surface area contributed by atoms with E-state index in [1.54, 1.807) is 38.1 Å². The molecule has 17 heavy (non-hydrogen) atoms. The molecule has 6 heteroatoms. The number of amides is 3. The Bertz CT molecular complexity index is 404. The number of hydrazine groups is 1. The predicted molar refractivity (Wildman–Crippen MR) is 66.6 cm³/mol. The molecule has 1 rings (SSSR count). The minimum absolute atomic E-state index is 0.189. The first-order valence-electron chi connectivity index (χ1n) is 5.11. The van der Waals surface area contributed by atoms with Gasteiger partial charge in [-0.25, -0.2) is 10.2 Å². The molecule has 5 nitrogen and oxygen atoms in total. The third-order valence-electron chi connectivity index (χ3n) is 1.93. The van der Waals surface area contributed by atoms with Crippen LogP contribution in [0.5, 0.6) is 0 Å². The van der Waals surface area contributed by atoms with Crippen molar-refractivity contribution >= 4 is 29.2 Å². The molecular weight excluding hydrogens is 242 g/mol. The van der Waals surface area contributed by atoms with Crippen LogP contribution < -0.4 is 16.2 Å². The summed E-state index contributed by atoms with van der Waals surface area (Å²) in [4.78, 5) is 22.5. The number of urea groups is 1. The monoisotopic (exact) mass is 255 g/mol. The van der Waals surface area contributed by atoms with Gasteiger partial charge < -0.3 is 5.32 Å². The van der Waals surface area contributed by atoms with Gasteiger partial charge in [-0.1, -0.05) is 25.4 Å². The van der Waals surface area contributed by atoms with Crippen LogP contribution in [0.4, 0.5) is 10.5 Å². The van der Waals surface area contributed by atoms with E-state index in [9.17, 15) is 9.59 Å². The molecule has 0 saturated heterocycles. The fourth-order valence-electron chi connectivity index (χ4n) is 0.958. The molecule has 92 valence electrons. The fraction of sp³-hybridized carbons (Fsp3) is 0.273. The van der Waals surface area contributed by atoms with Crippen molar-refractivity contribution in [1.82, 2.24) is 10.9 Å². The van der Waals surface area contributed by atoms with Crippen LogP contribution in [0.1, 0.15) is 13.8 Å². The molecule has 0 bridgehead atoms. The van der Waals surface area contributed by atoms with Gasteiger partial charge in [-0.15, -0.1) is 0 Å². The van der Waals surface area contributed by atoms with Gasteiger partial charge in [0.2, 0.25) is 5.91 Å². The third kappa shape index (κ3) is 4.74. The molecule has 0 radical (unpaired) electrons. The molecular formula is C11H14ClN3O2. The topological polar surface area (TPSA) is 70.2 Å². The number of nitrogens with one attached hydrogen (secondary N) is 3. The van der Waals surface area contributed by atoms with Gasteiger partial charge in [0.25, 0.3) is 0 Å². The lowest BCUT2D eigenvalue weighted by molar-refractivity contribution is -0.124. The normalized spacial score (nSPS) is 9.88. The smallest absolute Gasteiger partial charge is 0.307 e. The number of benzene rings is 1. The molecule has 0 aliphatic carbocycles. The SMILES string of the molecule is CC(C)C(=O)NNC(=O)Nc1ccc(Cl)cc1. The number of anilines is 1. The summed E-state index contributed by atoms with van der Waals surface area (Å²) in [6, 6.07) is 6.12. The second kappa shape index (κ2) is 6.10. The van der Waals surface area contributed by atoms with Crippen LogP contribution in [-0.2, 0) is 4.79 Å². The van der Waals surface area contributed by atoms with Gasteiger partial charge in [-0.3, -0.25) is 10.2 Å². The molecule has 0 aliphatic rings. The highest BCUT2D eigenvalue weighted by Crippen LogP contribution is 2.12. The van der Waals surface area contributed by atoms with Crippen LogP contribution in [0, 0.1) is 5.92 Å². The lowest BCUT2D eigenvalue weighted by Gasteiger charge is -2.10. The Balaban J connectivity index is 2.40. The zero-order chi connectivity index (χ0) is 12.8. The molecule has 3 amide bonds. The summed E-state index contributed by atoms with van der Waals surface area (Å²) in [6.07, 6.45) is 0. The molecule has 0 aliphatic heterocycles. The lowest BCUT2D eigenvalue weighted by Crippen LogP contribution is -2.45. The average Bonchev–Trinajstić information content (AvgIpc) is 2.29. The van der Waals surface area contributed by atoms with Crippen molar-refractivity contribution in [2.45, 2.75) is 13.8 Å². The Kier molecular flexibility index (Phi) is 4.78. The van der Waals surface area contributed by atoms with Gasteiger partial charge in [-0.2, -0.15) is 0 Å². The van der Waals surface area contributed by atoms with E-state index in [1.165, 1.54) is 0 Å². The summed E-state index contributed by atoms with van der Waals surface area (Å²) < 4.78 is 0. The number of carbonyl (C=O) groups is 2. The Morgan fingerprint density at radius 1 is 1.12 bits per heavy atom. The van der Waals surface area contributed by atoms with Crippen molar-refractivity contribution < 1.29 is 9.59 Å². The zero-order valence-corrected chi connectivity index (χ0v) is 10.3. The van der Waals surface area contributed by atoms with Crippen molar-refractivity contribution in [3.8, 4) is 0 Å². The van der Waals surface area contributed by atoms with Crippen LogP contribution >= 0.6 is 11.6 Å². The van der Waals surface area contributed by atoms with Crippen LogP contribution in [-0.4, -0.2) is 11.9 Å². The minimum atomic E-state index is -0.513. The van der Waals surface area contributed by atoms with Crippen molar-refractivity contribution in [3.63, 3.8) is 0 Å². The molecule has 0 saturated carbocycles. The van der Waals surface area contributed by atoms with E-state index < -0.39 is 6.03 Å². The van der Waals surface area contributed by atoms with Gasteiger partial charge in [0, 0.05) is 16.6 Å². The fourth-order valence-corrected chi connectivity index (χ4v) is 1.08. The number of hydrogen-bond donors (Lipinski definition) is 3. The largest absolute Gasteiger partial charge is 0.337 e. The molecule has 0 spiro atoms. The average molecular weight is 256 g/mol. The van der Waals surface area contributed by atoms with Gasteiger partial charge in [0.1, 0.15) is 0 Å². The van der Waals surface area contributed by atoms with E-state index >= 15 is 0 Å². The summed E-state index contributed by atoms with van der Waals surface area (Å²) >= 11 is 5.70. The maximum atomic E-state index is 11.4. The maximum absolute atomic E-state index is 11.4. The van der Waals surface area contributed by atoms with Gasteiger partial charge in [0.05, 0.1) is 0 Å². The van der Waals surface area contributed by atoms with Crippen LogP contribution in [0.15, 0.2) is 24.3 Å². The molecule has 1 aromatic carbocycles. The number of halogens is 1. The molecule has 0 fully saturated rings. The van der Waals surface area contributed by atoms with E-state index in [0.29, 0.717) is 10.7 Å². The summed E-state index contributed by atoms with van der Waals surface area (Å²) in [5.41, 5.74) is 5.12. The lowest BCUT2D eigenvalue weighted by atomic mass is 10.2. The highest BCUT2D eigenvalue weighted by atomic mass is 35.5. The Morgan fingerprint density at radius 2 is 1.71 bits per heavy atom. The highest BCUT2D eigenvalue weighted by molar-refractivity contribution is 6.30. The Hall–Kier alpha value is -1.75. The third-order valence-corrected chi connectivity index (χ3v) is 2.18. The van der Waals surface area contributed by atoms with Crippen molar-refractivity contribution in [2.75, 3.05) is 5.32 Å². The molecule has 0 unspecified atom stereocenters. The van der Waals surface area contributed by atoms with Gasteiger partial charge in [-0.05, 0) is 24.3 Å². The quantitative estimate of drug-likeness (QED) is 0.709. The van der Waals surface area contributed by atoms with E-state index in [2.05, 4.69) is 16.2 Å². The number of hydrogen-bond acceptors (Lipinski definition) is 2. The maximum Gasteiger partial charge on any atom is 0.337 e. The minimum Gasteiger partial charge on any atom is -0.307 e. The predicted octanol–water partition coefficient (Wildman–Crippen LogP) is 2.15. The molecule has 0 aromatic heterocycles. The van der Waals surface area contributed by atoms with Crippen molar-refractivity contribution in [1.29, 1.82) is 0 Å². The van der Waals surface area contributed by atoms with Crippen LogP contribution in [0.2, 0.25) is 5.02 Å². The Labute approximate surface area is 105 Å². The number of carbonyl (C=O) groups excluding carboxylic acids is 2. The summed E-state index contributed by atoms with van der Waals surface area (Å²) in [7, 11) is 0. The van der Waals surface area contributed by atoms with Gasteiger partial charge in [0.15, 0.2) is 0 Å². The van der Waals surface area contributed by atoms with Crippen LogP contribution in [0.25, 0.3) is 0 Å². The van der Waals surface area contributed by atoms with Gasteiger partial charge >= 0.3 is 6.03 Å². The molecule has 1 aromatic rings. The molecule has 3 N–H and O–H groups in total. The van der Waals surface area contributed by atoms with E-state index in [1.807, 2.05) is 0 Å². The summed E-state index contributed by atoms with van der Waals surface area (Å²) in [5.74, 6) is -0.443. The highest BCUT2D eigenvalue weighted by Gasteiger charge is 2.07. The summed E-state index contributed by atoms with van der Waals surface area (Å²) in [6.45, 7) is 3.46. The van der Waals surface area contributed by atoms with Crippen LogP contribution in [0.3, 0.4) is 0 Å². The second-order valence-corrected chi connectivity index (χ2v) is 4.17. The first kappa shape index (κ1) is 13.3. The molecule has 0 heterocycles. The van der Waals surface area contributed by atoms with E-state index in [0.717, 1.165) is 0 Å². The Morgan fingerprint density at radius 3 is 2.24 bits per heavy atom. The number of rotatable bonds is 2. The molecule has 0 atom stereocenters. The standard InChI is InChI=1S/C11H14ClN3O2/c1-7(2)10(16)14-15-11(17)13-9-5-3-8(12)4-6-9/h3-7H,1-2H3,(H,14,16)(H2,13,15,17). The first-order valence-corrected chi connectivity index (χ1v) is 5.49. The van der Waals surface area contributed by atoms with Crippen molar-refractivity contribution in [3.05, 3.63) is 29.3 Å². The van der Waals surface area contributed by atoms with Crippen molar-refractivity contribution in [2.24, 2.45) is 5.92 Å². The first-order chi connectivity index (χ1) is 7.99. The van der Waals surface area contributed by atoms with E-state index in [4.69, 9.17) is 11.6 Å². The van der Waals surface area contributed by atoms with E-state index in [-0.39, 0.29) is 11.8 Å².